The predicted molar refractivity (Wildman–Crippen MR) is 80.5 cm³/mol. The number of aromatic nitrogens is 1. The molecule has 1 heterocycles. The molecule has 0 amide bonds. The van der Waals surface area contributed by atoms with E-state index in [9.17, 15) is 0 Å². The summed E-state index contributed by atoms with van der Waals surface area (Å²) in [5, 5.41) is 2.56. The molecule has 3 aromatic rings. The molecule has 1 nitrogen and oxygen atoms in total. The minimum absolute atomic E-state index is 1.21. The molecule has 19 heavy (non-hydrogen) atoms. The Hall–Kier alpha value is -2.41. The lowest BCUT2D eigenvalue weighted by Gasteiger charge is -1.99. The molecule has 0 saturated carbocycles. The summed E-state index contributed by atoms with van der Waals surface area (Å²) in [7, 11) is 2.04. The van der Waals surface area contributed by atoms with Crippen molar-refractivity contribution in [2.75, 3.05) is 0 Å². The molecule has 0 N–H and O–H groups in total. The summed E-state index contributed by atoms with van der Waals surface area (Å²) in [6.07, 6.45) is 8.44. The first-order valence-corrected chi connectivity index (χ1v) is 6.43. The smallest absolute Gasteiger partial charge is 0.175 e. The van der Waals surface area contributed by atoms with E-state index in [2.05, 4.69) is 77.5 Å². The van der Waals surface area contributed by atoms with Gasteiger partial charge in [-0.15, -0.1) is 0 Å². The van der Waals surface area contributed by atoms with Crippen LogP contribution >= 0.6 is 0 Å². The molecule has 0 aliphatic carbocycles. The van der Waals surface area contributed by atoms with Gasteiger partial charge < -0.3 is 0 Å². The number of rotatable bonds is 2. The van der Waals surface area contributed by atoms with Crippen molar-refractivity contribution in [3.8, 4) is 0 Å². The lowest BCUT2D eigenvalue weighted by atomic mass is 10.1. The van der Waals surface area contributed by atoms with Crippen molar-refractivity contribution in [1.82, 2.24) is 0 Å². The molecule has 3 rings (SSSR count). The van der Waals surface area contributed by atoms with Gasteiger partial charge in [0.1, 0.15) is 7.05 Å². The SMILES string of the molecule is C[n+]1cccc(/C=C/c2ccc3ccccc3c2)c1. The lowest BCUT2D eigenvalue weighted by Crippen LogP contribution is -2.26. The summed E-state index contributed by atoms with van der Waals surface area (Å²) in [6.45, 7) is 0. The minimum atomic E-state index is 1.21. The van der Waals surface area contributed by atoms with Gasteiger partial charge in [0.15, 0.2) is 12.4 Å². The maximum Gasteiger partial charge on any atom is 0.175 e. The number of pyridine rings is 1. The van der Waals surface area contributed by atoms with Gasteiger partial charge in [-0.2, -0.15) is 0 Å². The zero-order valence-corrected chi connectivity index (χ0v) is 11.0. The van der Waals surface area contributed by atoms with Gasteiger partial charge in [0.25, 0.3) is 0 Å². The molecule has 0 spiro atoms. The van der Waals surface area contributed by atoms with Crippen molar-refractivity contribution in [2.24, 2.45) is 7.05 Å². The van der Waals surface area contributed by atoms with Gasteiger partial charge in [0.2, 0.25) is 0 Å². The van der Waals surface area contributed by atoms with Crippen LogP contribution < -0.4 is 4.57 Å². The van der Waals surface area contributed by atoms with E-state index in [1.54, 1.807) is 0 Å². The molecule has 0 unspecified atom stereocenters. The van der Waals surface area contributed by atoms with E-state index in [0.717, 1.165) is 0 Å². The summed E-state index contributed by atoms with van der Waals surface area (Å²) in [5.41, 5.74) is 2.43. The third-order valence-electron chi connectivity index (χ3n) is 3.20. The molecule has 0 aliphatic heterocycles. The first-order chi connectivity index (χ1) is 9.31. The normalized spacial score (nSPS) is 11.2. The number of hydrogen-bond donors (Lipinski definition) is 0. The van der Waals surface area contributed by atoms with E-state index in [-0.39, 0.29) is 0 Å². The Morgan fingerprint density at radius 2 is 1.58 bits per heavy atom. The Kier molecular flexibility index (Phi) is 3.11. The number of hydrogen-bond acceptors (Lipinski definition) is 0. The maximum absolute atomic E-state index is 2.22. The highest BCUT2D eigenvalue weighted by atomic mass is 14.9. The van der Waals surface area contributed by atoms with E-state index in [4.69, 9.17) is 0 Å². The Labute approximate surface area is 113 Å². The summed E-state index contributed by atoms with van der Waals surface area (Å²) in [5.74, 6) is 0. The van der Waals surface area contributed by atoms with Crippen molar-refractivity contribution < 1.29 is 4.57 Å². The lowest BCUT2D eigenvalue weighted by molar-refractivity contribution is -0.671. The van der Waals surface area contributed by atoms with Gasteiger partial charge in [-0.25, -0.2) is 4.57 Å². The second kappa shape index (κ2) is 5.07. The summed E-state index contributed by atoms with van der Waals surface area (Å²) >= 11 is 0. The Bertz CT molecular complexity index is 741. The van der Waals surface area contributed by atoms with Crippen LogP contribution in [0.25, 0.3) is 22.9 Å². The molecule has 0 aliphatic rings. The van der Waals surface area contributed by atoms with Gasteiger partial charge in [-0.3, -0.25) is 0 Å². The van der Waals surface area contributed by atoms with Crippen molar-refractivity contribution in [3.05, 3.63) is 78.1 Å². The molecule has 92 valence electrons. The first kappa shape index (κ1) is 11.7. The maximum atomic E-state index is 2.22. The van der Waals surface area contributed by atoms with E-state index in [1.165, 1.54) is 21.9 Å². The van der Waals surface area contributed by atoms with E-state index >= 15 is 0 Å². The fraction of sp³-hybridized carbons (Fsp3) is 0.0556. The monoisotopic (exact) mass is 246 g/mol. The zero-order valence-electron chi connectivity index (χ0n) is 11.0. The number of aryl methyl sites for hydroxylation is 1. The second-order valence-electron chi connectivity index (χ2n) is 4.74. The Morgan fingerprint density at radius 3 is 2.42 bits per heavy atom. The van der Waals surface area contributed by atoms with Crippen molar-refractivity contribution in [1.29, 1.82) is 0 Å². The van der Waals surface area contributed by atoms with Gasteiger partial charge in [0.05, 0.1) is 0 Å². The van der Waals surface area contributed by atoms with Crippen LogP contribution in [-0.2, 0) is 7.05 Å². The molecule has 0 atom stereocenters. The Morgan fingerprint density at radius 1 is 0.789 bits per heavy atom. The molecule has 0 bridgehead atoms. The van der Waals surface area contributed by atoms with E-state index < -0.39 is 0 Å². The van der Waals surface area contributed by atoms with E-state index in [1.807, 2.05) is 13.2 Å². The molecule has 1 aromatic heterocycles. The van der Waals surface area contributed by atoms with Crippen LogP contribution in [0, 0.1) is 0 Å². The largest absolute Gasteiger partial charge is 0.207 e. The van der Waals surface area contributed by atoms with Gasteiger partial charge in [-0.1, -0.05) is 42.5 Å². The molecular formula is C18H16N+. The highest BCUT2D eigenvalue weighted by molar-refractivity contribution is 5.85. The molecule has 0 saturated heterocycles. The summed E-state index contributed by atoms with van der Waals surface area (Å²) in [6, 6.07) is 19.1. The average molecular weight is 246 g/mol. The third kappa shape index (κ3) is 2.71. The van der Waals surface area contributed by atoms with Crippen LogP contribution in [0.5, 0.6) is 0 Å². The molecule has 0 radical (unpaired) electrons. The average Bonchev–Trinajstić information content (AvgIpc) is 2.45. The van der Waals surface area contributed by atoms with Crippen LogP contribution in [0.1, 0.15) is 11.1 Å². The van der Waals surface area contributed by atoms with Crippen molar-refractivity contribution >= 4 is 22.9 Å². The van der Waals surface area contributed by atoms with E-state index in [0.29, 0.717) is 0 Å². The molecule has 1 heteroatoms. The molecular weight excluding hydrogens is 230 g/mol. The molecule has 0 fully saturated rings. The molecule has 2 aromatic carbocycles. The van der Waals surface area contributed by atoms with Gasteiger partial charge in [-0.05, 0) is 34.5 Å². The van der Waals surface area contributed by atoms with Crippen LogP contribution in [0.4, 0.5) is 0 Å². The van der Waals surface area contributed by atoms with Gasteiger partial charge in [0, 0.05) is 11.6 Å². The van der Waals surface area contributed by atoms with Crippen molar-refractivity contribution in [2.45, 2.75) is 0 Å². The first-order valence-electron chi connectivity index (χ1n) is 6.43. The predicted octanol–water partition coefficient (Wildman–Crippen LogP) is 3.83. The fourth-order valence-electron chi connectivity index (χ4n) is 2.21. The zero-order chi connectivity index (χ0) is 13.1. The minimum Gasteiger partial charge on any atom is -0.207 e. The van der Waals surface area contributed by atoms with Crippen LogP contribution in [0.3, 0.4) is 0 Å². The van der Waals surface area contributed by atoms with Gasteiger partial charge >= 0.3 is 0 Å². The topological polar surface area (TPSA) is 3.88 Å². The quantitative estimate of drug-likeness (QED) is 0.605. The van der Waals surface area contributed by atoms with Crippen LogP contribution in [-0.4, -0.2) is 0 Å². The van der Waals surface area contributed by atoms with Crippen molar-refractivity contribution in [3.63, 3.8) is 0 Å². The fourth-order valence-corrected chi connectivity index (χ4v) is 2.21. The van der Waals surface area contributed by atoms with Crippen LogP contribution in [0.2, 0.25) is 0 Å². The number of benzene rings is 2. The third-order valence-corrected chi connectivity index (χ3v) is 3.20. The second-order valence-corrected chi connectivity index (χ2v) is 4.74. The summed E-state index contributed by atoms with van der Waals surface area (Å²) in [4.78, 5) is 0. The number of nitrogens with zero attached hydrogens (tertiary/aromatic N) is 1. The number of fused-ring (bicyclic) bond motifs is 1. The summed E-state index contributed by atoms with van der Waals surface area (Å²) < 4.78 is 2.06. The van der Waals surface area contributed by atoms with Crippen LogP contribution in [0.15, 0.2) is 67.0 Å². The Balaban J connectivity index is 1.92. The highest BCUT2D eigenvalue weighted by Crippen LogP contribution is 2.17. The standard InChI is InChI=1S/C18H16N/c1-19-12-4-5-16(14-19)9-8-15-10-11-17-6-2-3-7-18(17)13-15/h2-14H,1H3/q+1/b9-8+. The highest BCUT2D eigenvalue weighted by Gasteiger charge is 1.95.